The van der Waals surface area contributed by atoms with Crippen LogP contribution in [0.5, 0.6) is 11.5 Å². The Bertz CT molecular complexity index is 755. The van der Waals surface area contributed by atoms with E-state index in [1.165, 1.54) is 26.4 Å². The lowest BCUT2D eigenvalue weighted by Gasteiger charge is -2.22. The van der Waals surface area contributed by atoms with Crippen molar-refractivity contribution in [2.75, 3.05) is 20.8 Å². The first kappa shape index (κ1) is 23.3. The number of esters is 2. The molecule has 0 aliphatic rings. The van der Waals surface area contributed by atoms with Crippen molar-refractivity contribution in [3.63, 3.8) is 0 Å². The molecule has 0 saturated carbocycles. The van der Waals surface area contributed by atoms with Gasteiger partial charge in [0.2, 0.25) is 0 Å². The molecule has 7 nitrogen and oxygen atoms in total. The molecule has 0 bridgehead atoms. The van der Waals surface area contributed by atoms with Crippen molar-refractivity contribution in [1.82, 2.24) is 0 Å². The molecule has 7 heteroatoms. The van der Waals surface area contributed by atoms with E-state index in [2.05, 4.69) is 0 Å². The number of ether oxygens (including phenoxy) is 4. The second kappa shape index (κ2) is 9.45. The van der Waals surface area contributed by atoms with Crippen LogP contribution in [0.1, 0.15) is 63.4 Å². The average Bonchev–Trinajstić information content (AvgIpc) is 2.62. The zero-order chi connectivity index (χ0) is 21.5. The Kier molecular flexibility index (Phi) is 7.86. The predicted molar refractivity (Wildman–Crippen MR) is 103 cm³/mol. The minimum atomic E-state index is -0.670. The normalized spacial score (nSPS) is 11.4. The number of carbonyl (C=O) groups excluding carboxylic acids is 2. The standard InChI is InChI=1S/C21H29NO6/c1-20(2,3)28-18(23)15-12-16(14(13-22)11-17(15)25-6)27-10-8-9-21(4,5)19(24)26-7/h11-12H,8-10H2,1-7H3. The highest BCUT2D eigenvalue weighted by atomic mass is 16.6. The van der Waals surface area contributed by atoms with Gasteiger partial charge in [0, 0.05) is 6.07 Å². The van der Waals surface area contributed by atoms with Gasteiger partial charge >= 0.3 is 11.9 Å². The lowest BCUT2D eigenvalue weighted by Crippen LogP contribution is -2.26. The van der Waals surface area contributed by atoms with E-state index in [4.69, 9.17) is 18.9 Å². The largest absolute Gasteiger partial charge is 0.496 e. The summed E-state index contributed by atoms with van der Waals surface area (Å²) in [5.41, 5.74) is -0.869. The maximum absolute atomic E-state index is 12.5. The number of nitrogens with zero attached hydrogens (tertiary/aromatic N) is 1. The molecule has 1 aromatic rings. The average molecular weight is 391 g/mol. The molecule has 0 aliphatic carbocycles. The van der Waals surface area contributed by atoms with Crippen LogP contribution in [-0.2, 0) is 14.3 Å². The summed E-state index contributed by atoms with van der Waals surface area (Å²) < 4.78 is 21.1. The van der Waals surface area contributed by atoms with Crippen LogP contribution in [0, 0.1) is 16.7 Å². The Morgan fingerprint density at radius 1 is 1.07 bits per heavy atom. The van der Waals surface area contributed by atoms with Crippen molar-refractivity contribution in [2.24, 2.45) is 5.41 Å². The molecule has 154 valence electrons. The van der Waals surface area contributed by atoms with E-state index in [-0.39, 0.29) is 35.2 Å². The van der Waals surface area contributed by atoms with Gasteiger partial charge in [-0.3, -0.25) is 4.79 Å². The topological polar surface area (TPSA) is 94.8 Å². The van der Waals surface area contributed by atoms with Crippen molar-refractivity contribution in [3.05, 3.63) is 23.3 Å². The molecule has 0 atom stereocenters. The Morgan fingerprint density at radius 2 is 1.71 bits per heavy atom. The zero-order valence-electron chi connectivity index (χ0n) is 17.7. The molecule has 28 heavy (non-hydrogen) atoms. The Hall–Kier alpha value is -2.75. The number of hydrogen-bond donors (Lipinski definition) is 0. The summed E-state index contributed by atoms with van der Waals surface area (Å²) >= 11 is 0. The van der Waals surface area contributed by atoms with Crippen LogP contribution < -0.4 is 9.47 Å². The molecule has 1 rings (SSSR count). The number of hydrogen-bond acceptors (Lipinski definition) is 7. The van der Waals surface area contributed by atoms with E-state index in [1.807, 2.05) is 6.07 Å². The van der Waals surface area contributed by atoms with Gasteiger partial charge in [0.1, 0.15) is 28.7 Å². The van der Waals surface area contributed by atoms with E-state index >= 15 is 0 Å². The van der Waals surface area contributed by atoms with E-state index in [9.17, 15) is 14.9 Å². The molecule has 0 spiro atoms. The number of benzene rings is 1. The van der Waals surface area contributed by atoms with Gasteiger partial charge in [0.25, 0.3) is 0 Å². The molecule has 0 radical (unpaired) electrons. The smallest absolute Gasteiger partial charge is 0.342 e. The molecular formula is C21H29NO6. The summed E-state index contributed by atoms with van der Waals surface area (Å²) in [5, 5.41) is 9.38. The third kappa shape index (κ3) is 6.45. The van der Waals surface area contributed by atoms with E-state index in [0.717, 1.165) is 0 Å². The molecule has 1 aromatic carbocycles. The highest BCUT2D eigenvalue weighted by molar-refractivity contribution is 5.93. The van der Waals surface area contributed by atoms with Crippen LogP contribution in [0.25, 0.3) is 0 Å². The van der Waals surface area contributed by atoms with Gasteiger partial charge in [-0.2, -0.15) is 5.26 Å². The van der Waals surface area contributed by atoms with Gasteiger partial charge in [-0.25, -0.2) is 4.79 Å². The second-order valence-corrected chi connectivity index (χ2v) is 7.99. The SMILES string of the molecule is COC(=O)C(C)(C)CCCOc1cc(C(=O)OC(C)(C)C)c(OC)cc1C#N. The molecule has 0 saturated heterocycles. The van der Waals surface area contributed by atoms with Gasteiger partial charge in [-0.1, -0.05) is 0 Å². The fourth-order valence-electron chi connectivity index (χ4n) is 2.50. The molecule has 0 N–H and O–H groups in total. The van der Waals surface area contributed by atoms with Gasteiger partial charge in [-0.05, 0) is 53.5 Å². The van der Waals surface area contributed by atoms with Crippen LogP contribution in [0.3, 0.4) is 0 Å². The third-order valence-corrected chi connectivity index (χ3v) is 3.98. The number of nitriles is 1. The quantitative estimate of drug-likeness (QED) is 0.490. The molecule has 0 amide bonds. The monoisotopic (exact) mass is 391 g/mol. The van der Waals surface area contributed by atoms with Crippen LogP contribution in [0.15, 0.2) is 12.1 Å². The van der Waals surface area contributed by atoms with E-state index < -0.39 is 17.0 Å². The summed E-state index contributed by atoms with van der Waals surface area (Å²) in [7, 11) is 2.77. The molecular weight excluding hydrogens is 362 g/mol. The fourth-order valence-corrected chi connectivity index (χ4v) is 2.50. The van der Waals surface area contributed by atoms with Crippen molar-refractivity contribution in [2.45, 2.75) is 53.1 Å². The molecule has 0 fully saturated rings. The minimum absolute atomic E-state index is 0.182. The summed E-state index contributed by atoms with van der Waals surface area (Å²) in [5.74, 6) is -0.350. The minimum Gasteiger partial charge on any atom is -0.496 e. The Morgan fingerprint density at radius 3 is 2.21 bits per heavy atom. The van der Waals surface area contributed by atoms with Crippen molar-refractivity contribution < 1.29 is 28.5 Å². The number of rotatable bonds is 8. The summed E-state index contributed by atoms with van der Waals surface area (Å²) in [6.07, 6.45) is 1.12. The number of carbonyl (C=O) groups is 2. The summed E-state index contributed by atoms with van der Waals surface area (Å²) in [6, 6.07) is 4.94. The summed E-state index contributed by atoms with van der Waals surface area (Å²) in [4.78, 5) is 24.2. The van der Waals surface area contributed by atoms with Gasteiger partial charge in [-0.15, -0.1) is 0 Å². The van der Waals surface area contributed by atoms with Crippen LogP contribution in [0.2, 0.25) is 0 Å². The third-order valence-electron chi connectivity index (χ3n) is 3.98. The van der Waals surface area contributed by atoms with Gasteiger partial charge in [0.05, 0.1) is 31.8 Å². The van der Waals surface area contributed by atoms with Gasteiger partial charge in [0.15, 0.2) is 0 Å². The molecule has 0 aliphatic heterocycles. The van der Waals surface area contributed by atoms with Crippen LogP contribution in [-0.4, -0.2) is 38.4 Å². The first-order valence-corrected chi connectivity index (χ1v) is 9.02. The van der Waals surface area contributed by atoms with Crippen molar-refractivity contribution in [3.8, 4) is 17.6 Å². The highest BCUT2D eigenvalue weighted by Gasteiger charge is 2.28. The first-order chi connectivity index (χ1) is 12.9. The zero-order valence-corrected chi connectivity index (χ0v) is 17.7. The maximum Gasteiger partial charge on any atom is 0.342 e. The molecule has 0 unspecified atom stereocenters. The predicted octanol–water partition coefficient (Wildman–Crippen LogP) is 3.88. The van der Waals surface area contributed by atoms with Crippen molar-refractivity contribution >= 4 is 11.9 Å². The lowest BCUT2D eigenvalue weighted by atomic mass is 9.88. The molecule has 0 heterocycles. The van der Waals surface area contributed by atoms with E-state index in [0.29, 0.717) is 12.8 Å². The van der Waals surface area contributed by atoms with Crippen LogP contribution in [0.4, 0.5) is 0 Å². The summed E-state index contributed by atoms with van der Waals surface area (Å²) in [6.45, 7) is 9.17. The number of methoxy groups -OCH3 is 2. The van der Waals surface area contributed by atoms with E-state index in [1.54, 1.807) is 34.6 Å². The van der Waals surface area contributed by atoms with Gasteiger partial charge < -0.3 is 18.9 Å². The highest BCUT2D eigenvalue weighted by Crippen LogP contribution is 2.31. The van der Waals surface area contributed by atoms with Crippen molar-refractivity contribution in [1.29, 1.82) is 5.26 Å². The first-order valence-electron chi connectivity index (χ1n) is 9.02. The maximum atomic E-state index is 12.5. The van der Waals surface area contributed by atoms with Crippen LogP contribution >= 0.6 is 0 Å². The Labute approximate surface area is 166 Å². The molecule has 0 aromatic heterocycles. The second-order valence-electron chi connectivity index (χ2n) is 7.99. The lowest BCUT2D eigenvalue weighted by molar-refractivity contribution is -0.151. The fraction of sp³-hybridized carbons (Fsp3) is 0.571. The Balaban J connectivity index is 2.96.